The Morgan fingerprint density at radius 3 is 2.36 bits per heavy atom. The zero-order valence-electron chi connectivity index (χ0n) is 7.70. The van der Waals surface area contributed by atoms with Crippen LogP contribution in [0.25, 0.3) is 0 Å². The number of nitrogens with zero attached hydrogens (tertiary/aromatic N) is 1. The summed E-state index contributed by atoms with van der Waals surface area (Å²) in [6.45, 7) is 7.98. The van der Waals surface area contributed by atoms with E-state index in [-0.39, 0.29) is 0 Å². The number of rotatable bonds is 1. The van der Waals surface area contributed by atoms with Crippen molar-refractivity contribution in [3.63, 3.8) is 0 Å². The molecule has 0 spiro atoms. The molecule has 0 aromatic heterocycles. The van der Waals surface area contributed by atoms with Gasteiger partial charge in [0, 0.05) is 11.6 Å². The van der Waals surface area contributed by atoms with E-state index in [1.54, 1.807) is 0 Å². The Hall–Kier alpha value is -0.290. The van der Waals surface area contributed by atoms with Crippen molar-refractivity contribution in [3.05, 3.63) is 11.9 Å². The lowest BCUT2D eigenvalue weighted by Gasteiger charge is -2.14. The fourth-order valence-electron chi connectivity index (χ4n) is 0.907. The Kier molecular flexibility index (Phi) is 2.39. The molecule has 2 heteroatoms. The van der Waals surface area contributed by atoms with E-state index in [2.05, 4.69) is 50.0 Å². The molecule has 0 unspecified atom stereocenters. The van der Waals surface area contributed by atoms with E-state index < -0.39 is 6.89 Å². The topological polar surface area (TPSA) is 12.4 Å². The maximum Gasteiger partial charge on any atom is 0.0429 e. The lowest BCUT2D eigenvalue weighted by Crippen LogP contribution is -2.06. The van der Waals surface area contributed by atoms with E-state index in [1.165, 1.54) is 5.71 Å². The van der Waals surface area contributed by atoms with E-state index in [4.69, 9.17) is 0 Å². The average Bonchev–Trinajstić information content (AvgIpc) is 1.86. The smallest absolute Gasteiger partial charge is 0.0429 e. The summed E-state index contributed by atoms with van der Waals surface area (Å²) in [6, 6.07) is 0. The molecule has 1 heterocycles. The fourth-order valence-corrected chi connectivity index (χ4v) is 1.95. The highest BCUT2D eigenvalue weighted by Gasteiger charge is 2.06. The fraction of sp³-hybridized carbons (Fsp3) is 0.556. The molecule has 1 rings (SSSR count). The van der Waals surface area contributed by atoms with Crippen LogP contribution in [-0.4, -0.2) is 25.0 Å². The summed E-state index contributed by atoms with van der Waals surface area (Å²) < 4.78 is 0. The van der Waals surface area contributed by atoms with Crippen molar-refractivity contribution in [2.24, 2.45) is 10.9 Å². The van der Waals surface area contributed by atoms with E-state index in [9.17, 15) is 0 Å². The molecule has 0 saturated heterocycles. The molecule has 0 amide bonds. The Labute approximate surface area is 69.2 Å². The second-order valence-corrected chi connectivity index (χ2v) is 7.56. The van der Waals surface area contributed by atoms with Crippen molar-refractivity contribution in [1.82, 2.24) is 0 Å². The third-order valence-corrected chi connectivity index (χ3v) is 3.35. The predicted molar refractivity (Wildman–Crippen MR) is 56.2 cm³/mol. The van der Waals surface area contributed by atoms with Crippen LogP contribution in [0.15, 0.2) is 16.9 Å². The molecule has 11 heavy (non-hydrogen) atoms. The van der Waals surface area contributed by atoms with Gasteiger partial charge in [-0.05, 0) is 25.3 Å². The van der Waals surface area contributed by atoms with Crippen LogP contribution in [0.1, 0.15) is 13.8 Å². The van der Waals surface area contributed by atoms with Gasteiger partial charge in [-0.3, -0.25) is 4.99 Å². The van der Waals surface area contributed by atoms with Crippen LogP contribution in [0.5, 0.6) is 0 Å². The van der Waals surface area contributed by atoms with Crippen molar-refractivity contribution in [3.8, 4) is 0 Å². The van der Waals surface area contributed by atoms with Gasteiger partial charge in [0.15, 0.2) is 0 Å². The third-order valence-electron chi connectivity index (χ3n) is 1.73. The summed E-state index contributed by atoms with van der Waals surface area (Å²) in [5, 5.41) is 0. The molecule has 0 atom stereocenters. The number of hydrogen-bond acceptors (Lipinski definition) is 1. The van der Waals surface area contributed by atoms with E-state index in [0.717, 1.165) is 0 Å². The minimum Gasteiger partial charge on any atom is -0.261 e. The van der Waals surface area contributed by atoms with Crippen LogP contribution in [0.3, 0.4) is 0 Å². The maximum atomic E-state index is 4.44. The molecule has 0 aliphatic carbocycles. The van der Waals surface area contributed by atoms with Crippen molar-refractivity contribution < 1.29 is 0 Å². The first-order valence-electron chi connectivity index (χ1n) is 3.96. The summed E-state index contributed by atoms with van der Waals surface area (Å²) in [6.07, 6.45) is 2.18. The minimum atomic E-state index is -0.907. The predicted octanol–water partition coefficient (Wildman–Crippen LogP) is 2.65. The summed E-state index contributed by atoms with van der Waals surface area (Å²) in [5.74, 6) is 5.00. The first kappa shape index (κ1) is 8.80. The maximum absolute atomic E-state index is 4.44. The molecule has 0 bridgehead atoms. The Morgan fingerprint density at radius 1 is 1.36 bits per heavy atom. The molecule has 1 aliphatic heterocycles. The number of allylic oxidation sites excluding steroid dienone is 1. The summed E-state index contributed by atoms with van der Waals surface area (Å²) >= 11 is 0. The van der Waals surface area contributed by atoms with Crippen molar-refractivity contribution >= 4 is 18.5 Å². The van der Waals surface area contributed by atoms with Gasteiger partial charge in [0.25, 0.3) is 0 Å². The normalized spacial score (nSPS) is 21.4. The van der Waals surface area contributed by atoms with Gasteiger partial charge in [-0.1, -0.05) is 26.6 Å². The summed E-state index contributed by atoms with van der Waals surface area (Å²) in [4.78, 5) is 4.44. The highest BCUT2D eigenvalue weighted by molar-refractivity contribution is 7.76. The van der Waals surface area contributed by atoms with Gasteiger partial charge in [0.2, 0.25) is 0 Å². The minimum absolute atomic E-state index is 0.558. The summed E-state index contributed by atoms with van der Waals surface area (Å²) in [5.41, 5.74) is 1.21. The quantitative estimate of drug-likeness (QED) is 0.535. The van der Waals surface area contributed by atoms with Gasteiger partial charge < -0.3 is 0 Å². The lowest BCUT2D eigenvalue weighted by molar-refractivity contribution is 0.891. The standard InChI is InChI=1S/C9H16NP/c1-8(2)9-5-6-11(3,4)7-10-9/h5-8H,1-4H3. The van der Waals surface area contributed by atoms with Crippen LogP contribution >= 0.6 is 6.89 Å². The monoisotopic (exact) mass is 169 g/mol. The van der Waals surface area contributed by atoms with Crippen molar-refractivity contribution in [1.29, 1.82) is 0 Å². The second kappa shape index (κ2) is 2.98. The molecule has 1 aliphatic rings. The molecule has 1 nitrogen and oxygen atoms in total. The van der Waals surface area contributed by atoms with Gasteiger partial charge in [-0.15, -0.1) is 0 Å². The molecule has 0 saturated carbocycles. The second-order valence-electron chi connectivity index (χ2n) is 3.77. The highest BCUT2D eigenvalue weighted by atomic mass is 31.2. The van der Waals surface area contributed by atoms with Gasteiger partial charge in [-0.25, -0.2) is 0 Å². The van der Waals surface area contributed by atoms with Gasteiger partial charge in [0.1, 0.15) is 0 Å². The molecule has 62 valence electrons. The van der Waals surface area contributed by atoms with E-state index >= 15 is 0 Å². The van der Waals surface area contributed by atoms with E-state index in [0.29, 0.717) is 5.92 Å². The zero-order chi connectivity index (χ0) is 8.48. The van der Waals surface area contributed by atoms with Crippen LogP contribution in [0.2, 0.25) is 0 Å². The molecule has 0 radical (unpaired) electrons. The molecule has 0 fully saturated rings. The van der Waals surface area contributed by atoms with Gasteiger partial charge in [-0.2, -0.15) is 0 Å². The Morgan fingerprint density at radius 2 is 2.00 bits per heavy atom. The van der Waals surface area contributed by atoms with Gasteiger partial charge in [0.05, 0.1) is 0 Å². The van der Waals surface area contributed by atoms with Crippen molar-refractivity contribution in [2.45, 2.75) is 13.8 Å². The molecule has 0 aromatic carbocycles. The van der Waals surface area contributed by atoms with Crippen LogP contribution in [0.4, 0.5) is 0 Å². The lowest BCUT2D eigenvalue weighted by atomic mass is 10.1. The molecule has 0 aromatic rings. The Balaban J connectivity index is 2.90. The first-order chi connectivity index (χ1) is 5.01. The van der Waals surface area contributed by atoms with Crippen LogP contribution < -0.4 is 0 Å². The molecular weight excluding hydrogens is 153 g/mol. The SMILES string of the molecule is CC(C)C1=NC=P(C)(C)C=C1. The Bertz CT molecular complexity index is 253. The van der Waals surface area contributed by atoms with Crippen LogP contribution in [0, 0.1) is 5.92 Å². The molecular formula is C9H16NP. The number of hydrogen-bond donors (Lipinski definition) is 0. The van der Waals surface area contributed by atoms with Crippen molar-refractivity contribution in [2.75, 3.05) is 13.3 Å². The first-order valence-corrected chi connectivity index (χ1v) is 6.78. The van der Waals surface area contributed by atoms with E-state index in [1.807, 2.05) is 0 Å². The largest absolute Gasteiger partial charge is 0.261 e. The molecule has 0 N–H and O–H groups in total. The number of aliphatic imine (C=N–C) groups is 1. The zero-order valence-corrected chi connectivity index (χ0v) is 8.60. The average molecular weight is 169 g/mol. The van der Waals surface area contributed by atoms with Gasteiger partial charge >= 0.3 is 0 Å². The highest BCUT2D eigenvalue weighted by Crippen LogP contribution is 2.40. The van der Waals surface area contributed by atoms with Crippen LogP contribution in [-0.2, 0) is 0 Å². The third kappa shape index (κ3) is 2.34. The summed E-state index contributed by atoms with van der Waals surface area (Å²) in [7, 11) is 0.